The lowest BCUT2D eigenvalue weighted by molar-refractivity contribution is 0.605. The van der Waals surface area contributed by atoms with Crippen molar-refractivity contribution in [3.05, 3.63) is 49.9 Å². The van der Waals surface area contributed by atoms with Crippen molar-refractivity contribution in [2.75, 3.05) is 5.32 Å². The van der Waals surface area contributed by atoms with Crippen LogP contribution in [0.5, 0.6) is 0 Å². The van der Waals surface area contributed by atoms with Gasteiger partial charge in [-0.2, -0.15) is 0 Å². The molecule has 0 radical (unpaired) electrons. The van der Waals surface area contributed by atoms with E-state index in [9.17, 15) is 4.39 Å². The number of benzene rings is 1. The molecule has 1 N–H and O–H groups in total. The normalized spacial score (nSPS) is 18.2. The van der Waals surface area contributed by atoms with Crippen LogP contribution in [-0.4, -0.2) is 0 Å². The van der Waals surface area contributed by atoms with Gasteiger partial charge in [0, 0.05) is 10.6 Å². The highest BCUT2D eigenvalue weighted by Gasteiger charge is 2.22. The molecule has 1 aliphatic carbocycles. The molecule has 19 heavy (non-hydrogen) atoms. The minimum atomic E-state index is -0.176. The van der Waals surface area contributed by atoms with Gasteiger partial charge in [0.25, 0.3) is 0 Å². The van der Waals surface area contributed by atoms with Gasteiger partial charge in [0.15, 0.2) is 0 Å². The summed E-state index contributed by atoms with van der Waals surface area (Å²) >= 11 is 5.37. The fraction of sp³-hybridized carbons (Fsp3) is 0.333. The van der Waals surface area contributed by atoms with Crippen molar-refractivity contribution >= 4 is 33.0 Å². The summed E-state index contributed by atoms with van der Waals surface area (Å²) in [6.45, 7) is 1.92. The van der Waals surface area contributed by atoms with Gasteiger partial charge in [-0.05, 0) is 77.5 Å². The molecule has 0 saturated carbocycles. The van der Waals surface area contributed by atoms with Gasteiger partial charge in [0.05, 0.1) is 9.83 Å². The number of anilines is 1. The molecule has 0 fully saturated rings. The van der Waals surface area contributed by atoms with Crippen molar-refractivity contribution in [3.63, 3.8) is 0 Å². The molecule has 0 bridgehead atoms. The van der Waals surface area contributed by atoms with E-state index in [1.165, 1.54) is 20.6 Å². The summed E-state index contributed by atoms with van der Waals surface area (Å²) in [4.78, 5) is 1.45. The van der Waals surface area contributed by atoms with Crippen LogP contribution in [0.15, 0.2) is 28.1 Å². The van der Waals surface area contributed by atoms with E-state index in [-0.39, 0.29) is 5.82 Å². The average molecular weight is 340 g/mol. The first kappa shape index (κ1) is 13.1. The summed E-state index contributed by atoms with van der Waals surface area (Å²) in [6, 6.07) is 7.62. The van der Waals surface area contributed by atoms with Crippen LogP contribution in [0.4, 0.5) is 10.1 Å². The molecule has 1 unspecified atom stereocenters. The van der Waals surface area contributed by atoms with Crippen LogP contribution in [0.1, 0.15) is 34.9 Å². The molecule has 1 atom stereocenters. The first-order valence-corrected chi connectivity index (χ1v) is 8.04. The van der Waals surface area contributed by atoms with Gasteiger partial charge >= 0.3 is 0 Å². The zero-order valence-corrected chi connectivity index (χ0v) is 13.1. The summed E-state index contributed by atoms with van der Waals surface area (Å²) in [7, 11) is 0. The number of thiophene rings is 1. The SMILES string of the molecule is Cc1cc(F)cc(NC2CCCc3sc(Br)cc32)c1. The van der Waals surface area contributed by atoms with E-state index in [0.717, 1.165) is 24.1 Å². The Morgan fingerprint density at radius 1 is 1.32 bits per heavy atom. The van der Waals surface area contributed by atoms with Crippen molar-refractivity contribution in [2.24, 2.45) is 0 Å². The third-order valence-electron chi connectivity index (χ3n) is 3.47. The highest BCUT2D eigenvalue weighted by Crippen LogP contribution is 2.39. The molecule has 3 rings (SSSR count). The van der Waals surface area contributed by atoms with Crippen molar-refractivity contribution in [1.29, 1.82) is 0 Å². The number of rotatable bonds is 2. The van der Waals surface area contributed by atoms with Crippen molar-refractivity contribution in [3.8, 4) is 0 Å². The third-order valence-corrected chi connectivity index (χ3v) is 5.18. The zero-order chi connectivity index (χ0) is 13.4. The van der Waals surface area contributed by atoms with Crippen LogP contribution >= 0.6 is 27.3 Å². The number of aryl methyl sites for hydroxylation is 2. The molecule has 1 heterocycles. The lowest BCUT2D eigenvalue weighted by Gasteiger charge is -2.24. The minimum Gasteiger partial charge on any atom is -0.378 e. The van der Waals surface area contributed by atoms with Crippen LogP contribution in [0.2, 0.25) is 0 Å². The van der Waals surface area contributed by atoms with Gasteiger partial charge in [-0.25, -0.2) is 4.39 Å². The average Bonchev–Trinajstić information content (AvgIpc) is 2.69. The summed E-state index contributed by atoms with van der Waals surface area (Å²) in [5.74, 6) is -0.176. The molecule has 4 heteroatoms. The van der Waals surface area contributed by atoms with Gasteiger partial charge in [0.1, 0.15) is 5.82 Å². The Kier molecular flexibility index (Phi) is 3.63. The molecule has 100 valence electrons. The van der Waals surface area contributed by atoms with Gasteiger partial charge in [-0.15, -0.1) is 11.3 Å². The Morgan fingerprint density at radius 2 is 2.16 bits per heavy atom. The third kappa shape index (κ3) is 2.84. The van der Waals surface area contributed by atoms with Crippen molar-refractivity contribution in [1.82, 2.24) is 0 Å². The number of nitrogens with one attached hydrogen (secondary N) is 1. The second-order valence-corrected chi connectivity index (χ2v) is 7.55. The molecule has 1 nitrogen and oxygen atoms in total. The summed E-state index contributed by atoms with van der Waals surface area (Å²) in [5.41, 5.74) is 3.19. The largest absolute Gasteiger partial charge is 0.378 e. The van der Waals surface area contributed by atoms with E-state index in [2.05, 4.69) is 27.3 Å². The molecule has 1 aromatic heterocycles. The Morgan fingerprint density at radius 3 is 2.95 bits per heavy atom. The summed E-state index contributed by atoms with van der Waals surface area (Å²) < 4.78 is 14.6. The van der Waals surface area contributed by atoms with E-state index in [1.54, 1.807) is 12.1 Å². The number of halogens is 2. The van der Waals surface area contributed by atoms with Crippen LogP contribution in [-0.2, 0) is 6.42 Å². The molecule has 1 aromatic carbocycles. The quantitative estimate of drug-likeness (QED) is 0.767. The van der Waals surface area contributed by atoms with Gasteiger partial charge < -0.3 is 5.32 Å². The number of hydrogen-bond donors (Lipinski definition) is 1. The first-order valence-electron chi connectivity index (χ1n) is 6.43. The van der Waals surface area contributed by atoms with Gasteiger partial charge in [-0.3, -0.25) is 0 Å². The molecule has 0 spiro atoms. The zero-order valence-electron chi connectivity index (χ0n) is 10.7. The van der Waals surface area contributed by atoms with Crippen LogP contribution in [0.25, 0.3) is 0 Å². The highest BCUT2D eigenvalue weighted by molar-refractivity contribution is 9.11. The van der Waals surface area contributed by atoms with E-state index >= 15 is 0 Å². The molecule has 0 amide bonds. The van der Waals surface area contributed by atoms with Crippen molar-refractivity contribution in [2.45, 2.75) is 32.2 Å². The van der Waals surface area contributed by atoms with E-state index in [4.69, 9.17) is 0 Å². The second kappa shape index (κ2) is 5.25. The fourth-order valence-corrected chi connectivity index (χ4v) is 4.51. The lowest BCUT2D eigenvalue weighted by atomic mass is 9.94. The fourth-order valence-electron chi connectivity index (χ4n) is 2.69. The predicted octanol–water partition coefficient (Wildman–Crippen LogP) is 5.45. The maximum Gasteiger partial charge on any atom is 0.125 e. The van der Waals surface area contributed by atoms with E-state index in [1.807, 2.05) is 24.3 Å². The van der Waals surface area contributed by atoms with E-state index in [0.29, 0.717) is 6.04 Å². The van der Waals surface area contributed by atoms with Gasteiger partial charge in [0.2, 0.25) is 0 Å². The van der Waals surface area contributed by atoms with E-state index < -0.39 is 0 Å². The summed E-state index contributed by atoms with van der Waals surface area (Å²) in [6.07, 6.45) is 3.45. The second-order valence-electron chi connectivity index (χ2n) is 5.04. The van der Waals surface area contributed by atoms with Crippen LogP contribution in [0.3, 0.4) is 0 Å². The molecule has 0 aliphatic heterocycles. The number of hydrogen-bond acceptors (Lipinski definition) is 2. The predicted molar refractivity (Wildman–Crippen MR) is 82.5 cm³/mol. The lowest BCUT2D eigenvalue weighted by Crippen LogP contribution is -2.15. The monoisotopic (exact) mass is 339 g/mol. The molecule has 0 saturated heterocycles. The van der Waals surface area contributed by atoms with Gasteiger partial charge in [-0.1, -0.05) is 0 Å². The van der Waals surface area contributed by atoms with Crippen LogP contribution < -0.4 is 5.32 Å². The molecular weight excluding hydrogens is 325 g/mol. The smallest absolute Gasteiger partial charge is 0.125 e. The maximum absolute atomic E-state index is 13.4. The molecule has 2 aromatic rings. The Balaban J connectivity index is 1.88. The molecular formula is C15H15BrFNS. The Labute approximate surface area is 125 Å². The number of fused-ring (bicyclic) bond motifs is 1. The molecule has 1 aliphatic rings. The Hall–Kier alpha value is -0.870. The highest BCUT2D eigenvalue weighted by atomic mass is 79.9. The maximum atomic E-state index is 13.4. The Bertz CT molecular complexity index is 588. The van der Waals surface area contributed by atoms with Crippen LogP contribution in [0, 0.1) is 12.7 Å². The first-order chi connectivity index (χ1) is 9.11. The minimum absolute atomic E-state index is 0.176. The standard InChI is InChI=1S/C15H15BrFNS/c1-9-5-10(17)7-11(6-9)18-13-3-2-4-14-12(13)8-15(16)19-14/h5-8,13,18H,2-4H2,1H3. The topological polar surface area (TPSA) is 12.0 Å². The van der Waals surface area contributed by atoms with Crippen molar-refractivity contribution < 1.29 is 4.39 Å². The summed E-state index contributed by atoms with van der Waals surface area (Å²) in [5, 5.41) is 3.48.